The lowest BCUT2D eigenvalue weighted by atomic mass is 9.70. The van der Waals surface area contributed by atoms with E-state index < -0.39 is 35.6 Å². The number of rotatable bonds is 11. The summed E-state index contributed by atoms with van der Waals surface area (Å²) in [5.74, 6) is -2.07. The SMILES string of the molecule is CCCCCNC(=O)C1N([C@@H](CC)CO)C(=O)[C@@H]2[C@@H](C(=O)NCCC)[C@@H]3OC12CC3Br. The number of unbranched alkanes of at least 4 members (excludes halogenated alkanes) is 2. The molecule has 7 atom stereocenters. The van der Waals surface area contributed by atoms with Crippen LogP contribution in [-0.4, -0.2) is 76.0 Å². The van der Waals surface area contributed by atoms with Crippen molar-refractivity contribution in [3.63, 3.8) is 0 Å². The Hall–Kier alpha value is -1.19. The van der Waals surface area contributed by atoms with Crippen LogP contribution in [0.15, 0.2) is 0 Å². The number of carbonyl (C=O) groups excluding carboxylic acids is 3. The Labute approximate surface area is 193 Å². The average Bonchev–Trinajstić information content (AvgIpc) is 3.34. The molecule has 2 bridgehead atoms. The minimum Gasteiger partial charge on any atom is -0.394 e. The molecule has 3 aliphatic rings. The van der Waals surface area contributed by atoms with E-state index >= 15 is 0 Å². The number of amides is 3. The third kappa shape index (κ3) is 4.13. The van der Waals surface area contributed by atoms with Gasteiger partial charge in [0.25, 0.3) is 0 Å². The lowest BCUT2D eigenvalue weighted by Gasteiger charge is -2.36. The predicted molar refractivity (Wildman–Crippen MR) is 120 cm³/mol. The second-order valence-corrected chi connectivity index (χ2v) is 10.1. The maximum absolute atomic E-state index is 13.7. The highest BCUT2D eigenvalue weighted by Gasteiger charge is 2.76. The number of nitrogens with one attached hydrogen (secondary N) is 2. The van der Waals surface area contributed by atoms with Crippen molar-refractivity contribution < 1.29 is 24.2 Å². The van der Waals surface area contributed by atoms with Gasteiger partial charge in [-0.25, -0.2) is 0 Å². The van der Waals surface area contributed by atoms with Crippen LogP contribution in [0, 0.1) is 11.8 Å². The van der Waals surface area contributed by atoms with Crippen LogP contribution in [-0.2, 0) is 19.1 Å². The molecule has 0 aliphatic carbocycles. The van der Waals surface area contributed by atoms with Crippen LogP contribution >= 0.6 is 15.9 Å². The number of carbonyl (C=O) groups is 3. The number of fused-ring (bicyclic) bond motifs is 1. The van der Waals surface area contributed by atoms with Gasteiger partial charge in [0.15, 0.2) is 0 Å². The summed E-state index contributed by atoms with van der Waals surface area (Å²) in [5.41, 5.74) is -1.05. The van der Waals surface area contributed by atoms with Crippen LogP contribution in [0.5, 0.6) is 0 Å². The molecule has 1 spiro atoms. The van der Waals surface area contributed by atoms with Gasteiger partial charge in [-0.15, -0.1) is 0 Å². The highest BCUT2D eigenvalue weighted by molar-refractivity contribution is 9.09. The molecular formula is C22H36BrN3O5. The molecule has 3 N–H and O–H groups in total. The summed E-state index contributed by atoms with van der Waals surface area (Å²) in [4.78, 5) is 41.5. The zero-order valence-electron chi connectivity index (χ0n) is 18.7. The maximum atomic E-state index is 13.7. The van der Waals surface area contributed by atoms with Crippen molar-refractivity contribution in [1.29, 1.82) is 0 Å². The minimum atomic E-state index is -1.05. The number of hydrogen-bond acceptors (Lipinski definition) is 5. The molecule has 3 unspecified atom stereocenters. The minimum absolute atomic E-state index is 0.113. The van der Waals surface area contributed by atoms with Crippen LogP contribution in [0.25, 0.3) is 0 Å². The summed E-state index contributed by atoms with van der Waals surface area (Å²) in [7, 11) is 0. The first-order chi connectivity index (χ1) is 14.9. The van der Waals surface area contributed by atoms with Gasteiger partial charge in [-0.3, -0.25) is 14.4 Å². The van der Waals surface area contributed by atoms with Crippen LogP contribution in [0.2, 0.25) is 0 Å². The van der Waals surface area contributed by atoms with Gasteiger partial charge < -0.3 is 25.4 Å². The van der Waals surface area contributed by atoms with E-state index in [1.165, 1.54) is 4.90 Å². The molecule has 176 valence electrons. The fraction of sp³-hybridized carbons (Fsp3) is 0.864. The highest BCUT2D eigenvalue weighted by atomic mass is 79.9. The summed E-state index contributed by atoms with van der Waals surface area (Å²) in [5, 5.41) is 15.9. The summed E-state index contributed by atoms with van der Waals surface area (Å²) in [6.45, 7) is 6.78. The number of aliphatic hydroxyl groups is 1. The zero-order chi connectivity index (χ0) is 22.8. The molecule has 31 heavy (non-hydrogen) atoms. The second kappa shape index (κ2) is 10.2. The number of aliphatic hydroxyl groups excluding tert-OH is 1. The van der Waals surface area contributed by atoms with Crippen molar-refractivity contribution in [3.05, 3.63) is 0 Å². The fourth-order valence-corrected chi connectivity index (χ4v) is 6.47. The van der Waals surface area contributed by atoms with Gasteiger partial charge in [0.05, 0.1) is 30.6 Å². The number of likely N-dealkylation sites (tertiary alicyclic amines) is 1. The fourth-order valence-electron chi connectivity index (χ4n) is 5.52. The van der Waals surface area contributed by atoms with Gasteiger partial charge in [0.1, 0.15) is 11.6 Å². The standard InChI is InChI=1S/C22H36BrN3O5/c1-4-7-8-10-25-20(29)18-22-11-14(23)17(31-22)15(19(28)24-9-5-2)16(22)21(30)26(18)13(6-3)12-27/h13-18,27H,4-12H2,1-3H3,(H,24,28)(H,25,29)/t13-,14?,15+,16-,17+,18?,22?/m0/s1. The van der Waals surface area contributed by atoms with Crippen molar-refractivity contribution >= 4 is 33.7 Å². The van der Waals surface area contributed by atoms with Crippen LogP contribution in [0.4, 0.5) is 0 Å². The molecule has 3 fully saturated rings. The van der Waals surface area contributed by atoms with Gasteiger partial charge in [0, 0.05) is 17.9 Å². The monoisotopic (exact) mass is 501 g/mol. The molecule has 3 aliphatic heterocycles. The Morgan fingerprint density at radius 2 is 1.90 bits per heavy atom. The molecule has 3 amide bonds. The van der Waals surface area contributed by atoms with E-state index in [0.717, 1.165) is 25.7 Å². The Morgan fingerprint density at radius 3 is 2.52 bits per heavy atom. The lowest BCUT2D eigenvalue weighted by molar-refractivity contribution is -0.145. The number of halogens is 1. The average molecular weight is 502 g/mol. The number of hydrogen-bond donors (Lipinski definition) is 3. The second-order valence-electron chi connectivity index (χ2n) is 8.94. The van der Waals surface area contributed by atoms with Crippen molar-refractivity contribution in [2.75, 3.05) is 19.7 Å². The summed E-state index contributed by atoms with van der Waals surface area (Å²) >= 11 is 3.65. The van der Waals surface area contributed by atoms with Gasteiger partial charge >= 0.3 is 0 Å². The van der Waals surface area contributed by atoms with E-state index in [0.29, 0.717) is 25.9 Å². The third-order valence-corrected chi connectivity index (χ3v) is 7.83. The number of nitrogens with zero attached hydrogens (tertiary/aromatic N) is 1. The van der Waals surface area contributed by atoms with Crippen LogP contribution in [0.3, 0.4) is 0 Å². The number of alkyl halides is 1. The van der Waals surface area contributed by atoms with Gasteiger partial charge in [-0.2, -0.15) is 0 Å². The Kier molecular flexibility index (Phi) is 8.02. The molecule has 0 aromatic rings. The van der Waals surface area contributed by atoms with E-state index in [2.05, 4.69) is 33.5 Å². The molecule has 3 rings (SSSR count). The normalized spacial score (nSPS) is 34.7. The van der Waals surface area contributed by atoms with Crippen molar-refractivity contribution in [2.24, 2.45) is 11.8 Å². The van der Waals surface area contributed by atoms with E-state index in [9.17, 15) is 19.5 Å². The largest absolute Gasteiger partial charge is 0.394 e. The molecule has 0 radical (unpaired) electrons. The predicted octanol–water partition coefficient (Wildman–Crippen LogP) is 1.34. The van der Waals surface area contributed by atoms with E-state index in [-0.39, 0.29) is 29.2 Å². The van der Waals surface area contributed by atoms with Crippen molar-refractivity contribution in [1.82, 2.24) is 15.5 Å². The van der Waals surface area contributed by atoms with Crippen LogP contribution in [0.1, 0.15) is 59.3 Å². The molecule has 0 saturated carbocycles. The molecule has 3 heterocycles. The molecule has 8 nitrogen and oxygen atoms in total. The first kappa shape index (κ1) is 24.5. The lowest BCUT2D eigenvalue weighted by Crippen LogP contribution is -2.58. The third-order valence-electron chi connectivity index (χ3n) is 6.98. The molecule has 0 aromatic heterocycles. The maximum Gasteiger partial charge on any atom is 0.245 e. The van der Waals surface area contributed by atoms with E-state index in [1.807, 2.05) is 13.8 Å². The smallest absolute Gasteiger partial charge is 0.245 e. The first-order valence-corrected chi connectivity index (χ1v) is 12.6. The zero-order valence-corrected chi connectivity index (χ0v) is 20.3. The topological polar surface area (TPSA) is 108 Å². The van der Waals surface area contributed by atoms with E-state index in [4.69, 9.17) is 4.74 Å². The van der Waals surface area contributed by atoms with Gasteiger partial charge in [0.2, 0.25) is 17.7 Å². The van der Waals surface area contributed by atoms with Crippen molar-refractivity contribution in [3.8, 4) is 0 Å². The Morgan fingerprint density at radius 1 is 1.19 bits per heavy atom. The summed E-state index contributed by atoms with van der Waals surface area (Å²) < 4.78 is 6.40. The number of ether oxygens (including phenoxy) is 1. The highest BCUT2D eigenvalue weighted by Crippen LogP contribution is 2.60. The van der Waals surface area contributed by atoms with Crippen molar-refractivity contribution in [2.45, 2.75) is 87.9 Å². The van der Waals surface area contributed by atoms with Crippen LogP contribution < -0.4 is 10.6 Å². The molecule has 0 aromatic carbocycles. The molecular weight excluding hydrogens is 466 g/mol. The van der Waals surface area contributed by atoms with Gasteiger partial charge in [-0.1, -0.05) is 49.5 Å². The molecule has 9 heteroatoms. The quantitative estimate of drug-likeness (QED) is 0.292. The Bertz CT molecular complexity index is 688. The summed E-state index contributed by atoms with van der Waals surface area (Å²) in [6.07, 6.45) is 4.26. The first-order valence-electron chi connectivity index (χ1n) is 11.7. The van der Waals surface area contributed by atoms with E-state index in [1.54, 1.807) is 0 Å². The van der Waals surface area contributed by atoms with Gasteiger partial charge in [-0.05, 0) is 25.7 Å². The molecule has 3 saturated heterocycles. The Balaban J connectivity index is 1.95. The summed E-state index contributed by atoms with van der Waals surface area (Å²) in [6, 6.07) is -1.34.